The number of hydrogen-bond acceptors (Lipinski definition) is 4. The lowest BCUT2D eigenvalue weighted by Gasteiger charge is -2.24. The molecule has 1 aliphatic heterocycles. The van der Waals surface area contributed by atoms with Crippen LogP contribution >= 0.6 is 11.8 Å². The van der Waals surface area contributed by atoms with Gasteiger partial charge in [-0.1, -0.05) is 78.4 Å². The molecule has 4 aromatic rings. The summed E-state index contributed by atoms with van der Waals surface area (Å²) < 4.78 is 0. The second kappa shape index (κ2) is 9.36. The Hall–Kier alpha value is -3.81. The summed E-state index contributed by atoms with van der Waals surface area (Å²) in [6, 6.07) is 31.2. The molecule has 0 aliphatic carbocycles. The Balaban J connectivity index is 1.73. The Morgan fingerprint density at radius 1 is 0.909 bits per heavy atom. The summed E-state index contributed by atoms with van der Waals surface area (Å²) in [6.45, 7) is 2.06. The van der Waals surface area contributed by atoms with Gasteiger partial charge >= 0.3 is 0 Å². The molecular formula is C29H23N3S. The summed E-state index contributed by atoms with van der Waals surface area (Å²) in [7, 11) is 0. The van der Waals surface area contributed by atoms with Crippen LogP contribution in [0.25, 0.3) is 22.8 Å². The standard InChI is InChI=1S/C29H23N3S/c1-20-12-14-24(15-13-20)31-29-25(17-30)27(22-10-6-3-7-11-22)26-19-33-18-23(28(26)32-29)16-21-8-4-2-5-9-21/h2-16H,18-19H2,1H3,(H,31,32)/b23-16+. The van der Waals surface area contributed by atoms with Crippen molar-refractivity contribution in [3.8, 4) is 17.2 Å². The molecule has 0 unspecified atom stereocenters. The predicted octanol–water partition coefficient (Wildman–Crippen LogP) is 7.46. The van der Waals surface area contributed by atoms with Crippen LogP contribution in [0.4, 0.5) is 11.5 Å². The first-order chi connectivity index (χ1) is 16.2. The molecule has 5 rings (SSSR count). The van der Waals surface area contributed by atoms with Crippen LogP contribution < -0.4 is 5.32 Å². The number of anilines is 2. The van der Waals surface area contributed by atoms with Crippen LogP contribution in [0, 0.1) is 18.3 Å². The Bertz CT molecular complexity index is 1350. The molecule has 0 bridgehead atoms. The van der Waals surface area contributed by atoms with Crippen molar-refractivity contribution in [1.82, 2.24) is 4.98 Å². The molecule has 2 heterocycles. The van der Waals surface area contributed by atoms with Crippen molar-refractivity contribution >= 4 is 34.9 Å². The van der Waals surface area contributed by atoms with Crippen molar-refractivity contribution in [2.75, 3.05) is 11.1 Å². The zero-order valence-corrected chi connectivity index (χ0v) is 19.2. The number of fused-ring (bicyclic) bond motifs is 1. The Labute approximate surface area is 198 Å². The van der Waals surface area contributed by atoms with E-state index in [9.17, 15) is 5.26 Å². The maximum absolute atomic E-state index is 10.2. The summed E-state index contributed by atoms with van der Waals surface area (Å²) in [5.41, 5.74) is 9.15. The van der Waals surface area contributed by atoms with Gasteiger partial charge in [0.15, 0.2) is 0 Å². The summed E-state index contributed by atoms with van der Waals surface area (Å²) >= 11 is 1.87. The van der Waals surface area contributed by atoms with Crippen LogP contribution in [0.5, 0.6) is 0 Å². The van der Waals surface area contributed by atoms with Crippen LogP contribution in [-0.4, -0.2) is 10.7 Å². The molecule has 0 saturated carbocycles. The van der Waals surface area contributed by atoms with Crippen LogP contribution in [-0.2, 0) is 5.75 Å². The highest BCUT2D eigenvalue weighted by Crippen LogP contribution is 2.42. The van der Waals surface area contributed by atoms with Crippen molar-refractivity contribution in [1.29, 1.82) is 5.26 Å². The van der Waals surface area contributed by atoms with Crippen molar-refractivity contribution in [3.05, 3.63) is 113 Å². The van der Waals surface area contributed by atoms with E-state index in [1.165, 1.54) is 11.1 Å². The van der Waals surface area contributed by atoms with E-state index in [0.29, 0.717) is 11.4 Å². The van der Waals surface area contributed by atoms with Gasteiger partial charge in [-0.2, -0.15) is 17.0 Å². The fourth-order valence-electron chi connectivity index (χ4n) is 4.12. The van der Waals surface area contributed by atoms with E-state index in [4.69, 9.17) is 4.98 Å². The molecule has 4 heteroatoms. The average molecular weight is 446 g/mol. The van der Waals surface area contributed by atoms with E-state index in [1.54, 1.807) is 0 Å². The SMILES string of the molecule is Cc1ccc(Nc2nc3c(c(-c4ccccc4)c2C#N)CSC/C3=C\c2ccccc2)cc1. The molecular weight excluding hydrogens is 422 g/mol. The molecule has 3 nitrogen and oxygen atoms in total. The molecule has 3 aromatic carbocycles. The lowest BCUT2D eigenvalue weighted by atomic mass is 9.92. The summed E-state index contributed by atoms with van der Waals surface area (Å²) in [5, 5.41) is 13.7. The van der Waals surface area contributed by atoms with Gasteiger partial charge in [-0.15, -0.1) is 0 Å². The third-order valence-corrected chi connectivity index (χ3v) is 6.74. The fraction of sp³-hybridized carbons (Fsp3) is 0.103. The van der Waals surface area contributed by atoms with Gasteiger partial charge in [-0.05, 0) is 47.4 Å². The highest BCUT2D eigenvalue weighted by molar-refractivity contribution is 7.99. The number of hydrogen-bond donors (Lipinski definition) is 1. The van der Waals surface area contributed by atoms with Crippen LogP contribution in [0.1, 0.15) is 27.9 Å². The smallest absolute Gasteiger partial charge is 0.149 e. The van der Waals surface area contributed by atoms with E-state index in [0.717, 1.165) is 45.1 Å². The van der Waals surface area contributed by atoms with Crippen molar-refractivity contribution in [2.45, 2.75) is 12.7 Å². The molecule has 33 heavy (non-hydrogen) atoms. The van der Waals surface area contributed by atoms with Gasteiger partial charge in [0.2, 0.25) is 0 Å². The number of aryl methyl sites for hydroxylation is 1. The topological polar surface area (TPSA) is 48.7 Å². The maximum atomic E-state index is 10.2. The number of nitrogens with zero attached hydrogens (tertiary/aromatic N) is 2. The van der Waals surface area contributed by atoms with E-state index in [-0.39, 0.29) is 0 Å². The second-order valence-corrected chi connectivity index (χ2v) is 9.07. The van der Waals surface area contributed by atoms with Gasteiger partial charge in [-0.25, -0.2) is 4.98 Å². The number of pyridine rings is 1. The average Bonchev–Trinajstić information content (AvgIpc) is 2.86. The number of aromatic nitrogens is 1. The Kier molecular flexibility index (Phi) is 5.97. The lowest BCUT2D eigenvalue weighted by molar-refractivity contribution is 1.17. The molecule has 1 aliphatic rings. The van der Waals surface area contributed by atoms with Gasteiger partial charge < -0.3 is 5.32 Å². The largest absolute Gasteiger partial charge is 0.339 e. The maximum Gasteiger partial charge on any atom is 0.149 e. The number of benzene rings is 3. The highest BCUT2D eigenvalue weighted by atomic mass is 32.2. The van der Waals surface area contributed by atoms with Gasteiger partial charge in [0.1, 0.15) is 17.5 Å². The first-order valence-corrected chi connectivity index (χ1v) is 12.1. The summed E-state index contributed by atoms with van der Waals surface area (Å²) in [5.74, 6) is 2.32. The quantitative estimate of drug-likeness (QED) is 0.354. The molecule has 0 atom stereocenters. The molecule has 0 saturated heterocycles. The number of rotatable bonds is 4. The fourth-order valence-corrected chi connectivity index (χ4v) is 5.14. The van der Waals surface area contributed by atoms with Crippen LogP contribution in [0.15, 0.2) is 84.9 Å². The van der Waals surface area contributed by atoms with Gasteiger partial charge in [0.05, 0.1) is 5.69 Å². The lowest BCUT2D eigenvalue weighted by Crippen LogP contribution is -2.11. The van der Waals surface area contributed by atoms with E-state index >= 15 is 0 Å². The van der Waals surface area contributed by atoms with Crippen LogP contribution in [0.3, 0.4) is 0 Å². The van der Waals surface area contributed by atoms with Crippen LogP contribution in [0.2, 0.25) is 0 Å². The monoisotopic (exact) mass is 445 g/mol. The predicted molar refractivity (Wildman–Crippen MR) is 139 cm³/mol. The zero-order valence-electron chi connectivity index (χ0n) is 18.4. The third kappa shape index (κ3) is 4.41. The number of nitrogens with one attached hydrogen (secondary N) is 1. The first-order valence-electron chi connectivity index (χ1n) is 10.9. The van der Waals surface area contributed by atoms with E-state index in [2.05, 4.69) is 72.9 Å². The van der Waals surface area contributed by atoms with Gasteiger partial charge in [0, 0.05) is 22.8 Å². The molecule has 0 amide bonds. The van der Waals surface area contributed by atoms with Gasteiger partial charge in [0.25, 0.3) is 0 Å². The molecule has 1 aromatic heterocycles. The first kappa shape index (κ1) is 21.1. The van der Waals surface area contributed by atoms with Crippen molar-refractivity contribution < 1.29 is 0 Å². The second-order valence-electron chi connectivity index (χ2n) is 8.08. The summed E-state index contributed by atoms with van der Waals surface area (Å²) in [6.07, 6.45) is 2.22. The Morgan fingerprint density at radius 3 is 2.30 bits per heavy atom. The molecule has 0 radical (unpaired) electrons. The number of nitriles is 1. The highest BCUT2D eigenvalue weighted by Gasteiger charge is 2.26. The van der Waals surface area contributed by atoms with Crippen molar-refractivity contribution in [2.24, 2.45) is 0 Å². The Morgan fingerprint density at radius 2 is 1.61 bits per heavy atom. The van der Waals surface area contributed by atoms with Gasteiger partial charge in [-0.3, -0.25) is 0 Å². The van der Waals surface area contributed by atoms with E-state index in [1.807, 2.05) is 48.2 Å². The zero-order chi connectivity index (χ0) is 22.6. The van der Waals surface area contributed by atoms with Crippen molar-refractivity contribution in [3.63, 3.8) is 0 Å². The minimum Gasteiger partial charge on any atom is -0.339 e. The molecule has 0 fully saturated rings. The summed E-state index contributed by atoms with van der Waals surface area (Å²) in [4.78, 5) is 5.05. The number of thioether (sulfide) groups is 1. The normalized spacial score (nSPS) is 13.9. The van der Waals surface area contributed by atoms with E-state index < -0.39 is 0 Å². The minimum absolute atomic E-state index is 0.585. The molecule has 160 valence electrons. The third-order valence-electron chi connectivity index (χ3n) is 5.74. The minimum atomic E-state index is 0.585. The molecule has 1 N–H and O–H groups in total. The molecule has 0 spiro atoms.